The van der Waals surface area contributed by atoms with Gasteiger partial charge in [0.05, 0.1) is 6.61 Å². The van der Waals surface area contributed by atoms with Crippen LogP contribution < -0.4 is 0 Å². The summed E-state index contributed by atoms with van der Waals surface area (Å²) in [4.78, 5) is 10.6. The Morgan fingerprint density at radius 3 is 2.46 bits per heavy atom. The van der Waals surface area contributed by atoms with Crippen molar-refractivity contribution in [1.82, 2.24) is 0 Å². The molecule has 0 saturated heterocycles. The van der Waals surface area contributed by atoms with Crippen LogP contribution in [0.2, 0.25) is 6.04 Å². The normalized spacial score (nSPS) is 11.0. The zero-order chi connectivity index (χ0) is 10.3. The summed E-state index contributed by atoms with van der Waals surface area (Å²) in [7, 11) is 0. The minimum Gasteiger partial charge on any atom is -0.463 e. The number of unbranched alkanes of at least 4 members (excludes halogenated alkanes) is 1. The average Bonchev–Trinajstić information content (AvgIpc) is 2.01. The fraction of sp³-hybridized carbons (Fsp3) is 0.571. The van der Waals surface area contributed by atoms with Crippen LogP contribution in [-0.4, -0.2) is 13.1 Å². The van der Waals surface area contributed by atoms with Gasteiger partial charge in [-0.15, -0.1) is 0 Å². The monoisotopic (exact) mass is 536 g/mol. The molecule has 0 radical (unpaired) electrons. The molecule has 0 unspecified atom stereocenters. The second-order valence-corrected chi connectivity index (χ2v) is 39.3. The summed E-state index contributed by atoms with van der Waals surface area (Å²) in [5.41, 5.74) is 0. The van der Waals surface area contributed by atoms with Crippen molar-refractivity contribution in [3.8, 4) is 0 Å². The van der Waals surface area contributed by atoms with E-state index in [2.05, 4.69) is 72.0 Å². The Bertz CT molecular complexity index is 179. The summed E-state index contributed by atoms with van der Waals surface area (Å²) in [5, 5.41) is 0. The van der Waals surface area contributed by atoms with Gasteiger partial charge < -0.3 is 4.74 Å². The first-order valence-corrected chi connectivity index (χ1v) is 15.4. The first kappa shape index (κ1) is 14.6. The predicted octanol–water partition coefficient (Wildman–Crippen LogP) is 3.74. The van der Waals surface area contributed by atoms with Gasteiger partial charge in [0.1, 0.15) is 0 Å². The van der Waals surface area contributed by atoms with E-state index in [4.69, 9.17) is 4.74 Å². The molecule has 0 aliphatic carbocycles. The van der Waals surface area contributed by atoms with E-state index in [0.29, 0.717) is 6.61 Å². The number of carbonyl (C=O) groups excluding carboxylic acids is 1. The molecule has 6 heteroatoms. The number of rotatable bonds is 6. The number of esters is 1. The molecule has 0 aromatic carbocycles. The van der Waals surface area contributed by atoms with Crippen LogP contribution in [0.25, 0.3) is 0 Å². The Labute approximate surface area is 118 Å². The van der Waals surface area contributed by atoms with Gasteiger partial charge in [-0.3, -0.25) is 0 Å². The highest BCUT2D eigenvalue weighted by Gasteiger charge is 2.20. The predicted molar refractivity (Wildman–Crippen MR) is 83.0 cm³/mol. The number of hydrogen-bond acceptors (Lipinski definition) is 2. The fourth-order valence-corrected chi connectivity index (χ4v) is 4.74. The SMILES string of the molecule is C=CC(=O)OCCCC[Si](I)(I)I. The van der Waals surface area contributed by atoms with Crippen molar-refractivity contribution in [1.29, 1.82) is 0 Å². The Morgan fingerprint density at radius 1 is 1.38 bits per heavy atom. The molecule has 0 bridgehead atoms. The minimum atomic E-state index is -0.993. The largest absolute Gasteiger partial charge is 0.463 e. The molecule has 0 aromatic rings. The van der Waals surface area contributed by atoms with Crippen LogP contribution in [-0.2, 0) is 9.53 Å². The van der Waals surface area contributed by atoms with Crippen molar-refractivity contribution >= 4 is 71.9 Å². The van der Waals surface area contributed by atoms with Crippen LogP contribution >= 0.6 is 65.4 Å². The molecule has 0 saturated carbocycles. The van der Waals surface area contributed by atoms with Crippen LogP contribution in [0.3, 0.4) is 0 Å². The number of ether oxygens (including phenoxy) is 1. The molecule has 0 rings (SSSR count). The van der Waals surface area contributed by atoms with Gasteiger partial charge >= 0.3 is 5.97 Å². The molecule has 0 N–H and O–H groups in total. The molecular weight excluding hydrogens is 525 g/mol. The quantitative estimate of drug-likeness (QED) is 0.129. The molecule has 0 atom stereocenters. The molecule has 0 heterocycles. The van der Waals surface area contributed by atoms with Gasteiger partial charge in [0.2, 0.25) is 0 Å². The number of hydrogen-bond donors (Lipinski definition) is 0. The minimum absolute atomic E-state index is 0.318. The highest BCUT2D eigenvalue weighted by atomic mass is 127. The summed E-state index contributed by atoms with van der Waals surface area (Å²) < 4.78 is 3.86. The zero-order valence-corrected chi connectivity index (χ0v) is 14.5. The van der Waals surface area contributed by atoms with E-state index < -0.39 is 0.564 Å². The van der Waals surface area contributed by atoms with Crippen LogP contribution in [0.1, 0.15) is 12.8 Å². The van der Waals surface area contributed by atoms with E-state index in [1.54, 1.807) is 0 Å². The van der Waals surface area contributed by atoms with Crippen molar-refractivity contribution in [2.24, 2.45) is 0 Å². The standard InChI is InChI=1S/C7H11I3O2Si/c1-2-7(11)12-5-3-4-6-13(8,9)10/h2H,1,3-6H2. The highest BCUT2D eigenvalue weighted by Crippen LogP contribution is 2.35. The second-order valence-electron chi connectivity index (χ2n) is 2.44. The second kappa shape index (κ2) is 7.85. The lowest BCUT2D eigenvalue weighted by Crippen LogP contribution is -2.06. The van der Waals surface area contributed by atoms with Gasteiger partial charge in [0.15, 0.2) is 0 Å². The van der Waals surface area contributed by atoms with E-state index >= 15 is 0 Å². The highest BCUT2D eigenvalue weighted by molar-refractivity contribution is 14.4. The van der Waals surface area contributed by atoms with E-state index in [-0.39, 0.29) is 5.97 Å². The van der Waals surface area contributed by atoms with E-state index in [1.807, 2.05) is 0 Å². The molecule has 2 nitrogen and oxygen atoms in total. The molecule has 0 aromatic heterocycles. The van der Waals surface area contributed by atoms with Gasteiger partial charge in [0.25, 0.3) is 0.564 Å². The topological polar surface area (TPSA) is 26.3 Å². The summed E-state index contributed by atoms with van der Waals surface area (Å²) in [6.45, 7) is 3.85. The number of halogens is 3. The van der Waals surface area contributed by atoms with Gasteiger partial charge in [-0.2, -0.15) is 0 Å². The van der Waals surface area contributed by atoms with Crippen LogP contribution in [0.15, 0.2) is 12.7 Å². The molecule has 0 aliphatic heterocycles. The first-order valence-electron chi connectivity index (χ1n) is 3.81. The van der Waals surface area contributed by atoms with Gasteiger partial charge in [-0.05, 0) is 12.5 Å². The third kappa shape index (κ3) is 11.5. The van der Waals surface area contributed by atoms with Crippen molar-refractivity contribution in [3.05, 3.63) is 12.7 Å². The molecule has 76 valence electrons. The zero-order valence-electron chi connectivity index (χ0n) is 7.06. The Kier molecular flexibility index (Phi) is 8.83. The maximum atomic E-state index is 10.6. The third-order valence-corrected chi connectivity index (χ3v) is 7.04. The van der Waals surface area contributed by atoms with Crippen molar-refractivity contribution < 1.29 is 9.53 Å². The fourth-order valence-electron chi connectivity index (χ4n) is 0.659. The van der Waals surface area contributed by atoms with Crippen molar-refractivity contribution in [3.63, 3.8) is 0 Å². The van der Waals surface area contributed by atoms with Crippen LogP contribution in [0, 0.1) is 0 Å². The van der Waals surface area contributed by atoms with Crippen LogP contribution in [0.4, 0.5) is 0 Å². The third-order valence-electron chi connectivity index (χ3n) is 1.27. The Balaban J connectivity index is 3.27. The van der Waals surface area contributed by atoms with E-state index in [1.165, 1.54) is 12.1 Å². The summed E-state index contributed by atoms with van der Waals surface area (Å²) in [6.07, 6.45) is 3.31. The first-order chi connectivity index (χ1) is 5.95. The lowest BCUT2D eigenvalue weighted by Gasteiger charge is -2.08. The maximum Gasteiger partial charge on any atom is 0.330 e. The molecule has 0 amide bonds. The van der Waals surface area contributed by atoms with E-state index in [9.17, 15) is 4.79 Å². The van der Waals surface area contributed by atoms with Crippen LogP contribution in [0.5, 0.6) is 0 Å². The Hall–Kier alpha value is 1.62. The Morgan fingerprint density at radius 2 is 2.00 bits per heavy atom. The van der Waals surface area contributed by atoms with Gasteiger partial charge in [-0.1, -0.05) is 78.4 Å². The van der Waals surface area contributed by atoms with Gasteiger partial charge in [-0.25, -0.2) is 4.79 Å². The number of carbonyl (C=O) groups is 1. The molecule has 0 spiro atoms. The molecular formula is C7H11I3O2Si. The molecule has 0 fully saturated rings. The summed E-state index contributed by atoms with van der Waals surface area (Å²) in [6, 6.07) is 1.26. The average molecular weight is 536 g/mol. The van der Waals surface area contributed by atoms with Gasteiger partial charge in [0, 0.05) is 6.08 Å². The maximum absolute atomic E-state index is 10.6. The summed E-state index contributed by atoms with van der Waals surface area (Å²) in [5.74, 6) is -0.318. The lowest BCUT2D eigenvalue weighted by atomic mass is 10.4. The van der Waals surface area contributed by atoms with E-state index in [0.717, 1.165) is 12.8 Å². The smallest absolute Gasteiger partial charge is 0.330 e. The van der Waals surface area contributed by atoms with Crippen molar-refractivity contribution in [2.45, 2.75) is 18.9 Å². The lowest BCUT2D eigenvalue weighted by molar-refractivity contribution is -0.137. The van der Waals surface area contributed by atoms with Crippen molar-refractivity contribution in [2.75, 3.05) is 6.61 Å². The summed E-state index contributed by atoms with van der Waals surface area (Å²) >= 11 is 7.61. The molecule has 0 aliphatic rings. The molecule has 13 heavy (non-hydrogen) atoms.